The summed E-state index contributed by atoms with van der Waals surface area (Å²) in [7, 11) is 0. The predicted molar refractivity (Wildman–Crippen MR) is 81.7 cm³/mol. The molecule has 0 aliphatic rings. The van der Waals surface area contributed by atoms with E-state index in [4.69, 9.17) is 16.3 Å². The lowest BCUT2D eigenvalue weighted by atomic mass is 10.1. The second-order valence-corrected chi connectivity index (χ2v) is 5.07. The zero-order valence-electron chi connectivity index (χ0n) is 11.8. The summed E-state index contributed by atoms with van der Waals surface area (Å²) in [5.74, 6) is -0.665. The molecule has 0 unspecified atom stereocenters. The third-order valence-electron chi connectivity index (χ3n) is 2.94. The maximum Gasteiger partial charge on any atom is 0.416 e. The Morgan fingerprint density at radius 1 is 1.13 bits per heavy atom. The molecule has 0 heterocycles. The van der Waals surface area contributed by atoms with Crippen LogP contribution in [0, 0.1) is 0 Å². The van der Waals surface area contributed by atoms with Gasteiger partial charge in [-0.25, -0.2) is 4.79 Å². The van der Waals surface area contributed by atoms with E-state index >= 15 is 0 Å². The molecule has 2 aromatic rings. The molecule has 0 spiro atoms. The first kappa shape index (κ1) is 17.1. The van der Waals surface area contributed by atoms with Gasteiger partial charge in [0.25, 0.3) is 0 Å². The Labute approximate surface area is 136 Å². The molecule has 0 bridgehead atoms. The summed E-state index contributed by atoms with van der Waals surface area (Å²) in [5, 5.41) is 0.481. The van der Waals surface area contributed by atoms with Crippen molar-refractivity contribution in [1.29, 1.82) is 0 Å². The van der Waals surface area contributed by atoms with Crippen LogP contribution in [0.1, 0.15) is 16.7 Å². The lowest BCUT2D eigenvalue weighted by molar-refractivity contribution is -0.138. The number of hydrogen-bond acceptors (Lipinski definition) is 2. The molecule has 0 radical (unpaired) electrons. The highest BCUT2D eigenvalue weighted by Crippen LogP contribution is 2.29. The third-order valence-corrected chi connectivity index (χ3v) is 3.28. The van der Waals surface area contributed by atoms with E-state index in [1.165, 1.54) is 24.3 Å². The molecule has 0 saturated heterocycles. The molecule has 0 N–H and O–H groups in total. The van der Waals surface area contributed by atoms with E-state index in [2.05, 4.69) is 0 Å². The van der Waals surface area contributed by atoms with Gasteiger partial charge in [0.1, 0.15) is 6.61 Å². The van der Waals surface area contributed by atoms with Gasteiger partial charge in [-0.15, -0.1) is 0 Å². The minimum atomic E-state index is -4.43. The van der Waals surface area contributed by atoms with Gasteiger partial charge in [-0.1, -0.05) is 41.9 Å². The lowest BCUT2D eigenvalue weighted by Gasteiger charge is -2.08. The zero-order chi connectivity index (χ0) is 16.9. The second-order valence-electron chi connectivity index (χ2n) is 4.66. The molecule has 0 aliphatic heterocycles. The summed E-state index contributed by atoms with van der Waals surface area (Å²) >= 11 is 5.93. The standard InChI is InChI=1S/C17H12ClF3O2/c18-15-7-2-1-5-13(15)8-9-16(22)23-11-12-4-3-6-14(10-12)17(19,20)21/h1-10H,11H2. The van der Waals surface area contributed by atoms with Crippen LogP contribution in [0.5, 0.6) is 0 Å². The van der Waals surface area contributed by atoms with Crippen LogP contribution < -0.4 is 0 Å². The molecule has 2 rings (SSSR count). The van der Waals surface area contributed by atoms with Crippen molar-refractivity contribution in [3.05, 3.63) is 76.3 Å². The Hall–Kier alpha value is -2.27. The molecular formula is C17H12ClF3O2. The van der Waals surface area contributed by atoms with Crippen molar-refractivity contribution in [2.75, 3.05) is 0 Å². The van der Waals surface area contributed by atoms with Crippen LogP contribution >= 0.6 is 11.6 Å². The number of rotatable bonds is 4. The summed E-state index contributed by atoms with van der Waals surface area (Å²) in [6.07, 6.45) is -1.77. The first-order chi connectivity index (χ1) is 10.9. The number of carbonyl (C=O) groups excluding carboxylic acids is 1. The number of hydrogen-bond donors (Lipinski definition) is 0. The Balaban J connectivity index is 1.96. The fourth-order valence-corrected chi connectivity index (χ4v) is 2.01. The van der Waals surface area contributed by atoms with Gasteiger partial charge in [-0.05, 0) is 35.4 Å². The normalized spacial score (nSPS) is 11.7. The number of carbonyl (C=O) groups is 1. The van der Waals surface area contributed by atoms with Gasteiger partial charge in [0.2, 0.25) is 0 Å². The van der Waals surface area contributed by atoms with Gasteiger partial charge in [0.15, 0.2) is 0 Å². The fourth-order valence-electron chi connectivity index (χ4n) is 1.81. The number of benzene rings is 2. The van der Waals surface area contributed by atoms with E-state index in [0.29, 0.717) is 10.6 Å². The lowest BCUT2D eigenvalue weighted by Crippen LogP contribution is -2.06. The third kappa shape index (κ3) is 5.14. The van der Waals surface area contributed by atoms with Crippen LogP contribution in [0.4, 0.5) is 13.2 Å². The van der Waals surface area contributed by atoms with Crippen LogP contribution in [-0.2, 0) is 22.3 Å². The number of esters is 1. The molecule has 0 aliphatic carbocycles. The molecule has 6 heteroatoms. The van der Waals surface area contributed by atoms with E-state index in [0.717, 1.165) is 12.1 Å². The van der Waals surface area contributed by atoms with Gasteiger partial charge in [-0.2, -0.15) is 13.2 Å². The van der Waals surface area contributed by atoms with Crippen LogP contribution in [0.3, 0.4) is 0 Å². The molecular weight excluding hydrogens is 329 g/mol. The maximum atomic E-state index is 12.6. The van der Waals surface area contributed by atoms with Gasteiger partial charge in [0.05, 0.1) is 5.56 Å². The molecule has 0 saturated carbocycles. The average molecular weight is 341 g/mol. The minimum absolute atomic E-state index is 0.240. The van der Waals surface area contributed by atoms with E-state index in [1.807, 2.05) is 0 Å². The number of alkyl halides is 3. The van der Waals surface area contributed by atoms with Crippen LogP contribution in [-0.4, -0.2) is 5.97 Å². The summed E-state index contributed by atoms with van der Waals surface area (Å²) in [6, 6.07) is 11.6. The molecule has 0 fully saturated rings. The summed E-state index contributed by atoms with van der Waals surface area (Å²) in [4.78, 5) is 11.6. The molecule has 0 aromatic heterocycles. The van der Waals surface area contributed by atoms with Crippen LogP contribution in [0.2, 0.25) is 5.02 Å². The topological polar surface area (TPSA) is 26.3 Å². The summed E-state index contributed by atoms with van der Waals surface area (Å²) in [5.41, 5.74) is 0.127. The zero-order valence-corrected chi connectivity index (χ0v) is 12.6. The van der Waals surface area contributed by atoms with Gasteiger partial charge >= 0.3 is 12.1 Å². The summed E-state index contributed by atoms with van der Waals surface area (Å²) < 4.78 is 42.7. The van der Waals surface area contributed by atoms with Crippen molar-refractivity contribution in [3.8, 4) is 0 Å². The first-order valence-electron chi connectivity index (χ1n) is 6.62. The Bertz CT molecular complexity index is 724. The Kier molecular flexibility index (Phi) is 5.45. The van der Waals surface area contributed by atoms with Crippen LogP contribution in [0.15, 0.2) is 54.6 Å². The van der Waals surface area contributed by atoms with Crippen molar-refractivity contribution in [3.63, 3.8) is 0 Å². The number of halogens is 4. The highest BCUT2D eigenvalue weighted by Gasteiger charge is 2.30. The first-order valence-corrected chi connectivity index (χ1v) is 6.99. The highest BCUT2D eigenvalue weighted by molar-refractivity contribution is 6.32. The quantitative estimate of drug-likeness (QED) is 0.570. The van der Waals surface area contributed by atoms with Gasteiger partial charge < -0.3 is 4.74 Å². The van der Waals surface area contributed by atoms with E-state index < -0.39 is 17.7 Å². The van der Waals surface area contributed by atoms with Crippen molar-refractivity contribution >= 4 is 23.6 Å². The van der Waals surface area contributed by atoms with E-state index in [9.17, 15) is 18.0 Å². The number of ether oxygens (including phenoxy) is 1. The second kappa shape index (κ2) is 7.33. The molecule has 0 amide bonds. The van der Waals surface area contributed by atoms with Crippen molar-refractivity contribution in [2.24, 2.45) is 0 Å². The van der Waals surface area contributed by atoms with Crippen molar-refractivity contribution in [1.82, 2.24) is 0 Å². The van der Waals surface area contributed by atoms with Crippen molar-refractivity contribution < 1.29 is 22.7 Å². The predicted octanol–water partition coefficient (Wildman–Crippen LogP) is 5.12. The smallest absolute Gasteiger partial charge is 0.416 e. The SMILES string of the molecule is O=C(C=Cc1ccccc1Cl)OCc1cccc(C(F)(F)F)c1. The average Bonchev–Trinajstić information content (AvgIpc) is 2.51. The van der Waals surface area contributed by atoms with Gasteiger partial charge in [-0.3, -0.25) is 0 Å². The van der Waals surface area contributed by atoms with E-state index in [-0.39, 0.29) is 12.2 Å². The molecule has 2 nitrogen and oxygen atoms in total. The fraction of sp³-hybridized carbons (Fsp3) is 0.118. The Morgan fingerprint density at radius 3 is 2.57 bits per heavy atom. The molecule has 120 valence electrons. The molecule has 2 aromatic carbocycles. The molecule has 0 atom stereocenters. The van der Waals surface area contributed by atoms with Gasteiger partial charge in [0, 0.05) is 11.1 Å². The van der Waals surface area contributed by atoms with Crippen LogP contribution in [0.25, 0.3) is 6.08 Å². The largest absolute Gasteiger partial charge is 0.458 e. The monoisotopic (exact) mass is 340 g/mol. The summed E-state index contributed by atoms with van der Waals surface area (Å²) in [6.45, 7) is -0.240. The molecule has 23 heavy (non-hydrogen) atoms. The maximum absolute atomic E-state index is 12.6. The highest BCUT2D eigenvalue weighted by atomic mass is 35.5. The minimum Gasteiger partial charge on any atom is -0.458 e. The Morgan fingerprint density at radius 2 is 1.87 bits per heavy atom. The van der Waals surface area contributed by atoms with Crippen molar-refractivity contribution in [2.45, 2.75) is 12.8 Å². The van der Waals surface area contributed by atoms with E-state index in [1.54, 1.807) is 24.3 Å².